The van der Waals surface area contributed by atoms with Gasteiger partial charge in [0.15, 0.2) is 0 Å². The third kappa shape index (κ3) is 4.57. The molecule has 0 amide bonds. The lowest BCUT2D eigenvalue weighted by Gasteiger charge is -2.11. The van der Waals surface area contributed by atoms with Gasteiger partial charge in [0.25, 0.3) is 0 Å². The lowest BCUT2D eigenvalue weighted by atomic mass is 10.2. The van der Waals surface area contributed by atoms with Crippen molar-refractivity contribution in [2.45, 2.75) is 46.7 Å². The Morgan fingerprint density at radius 3 is 2.43 bits per heavy atom. The van der Waals surface area contributed by atoms with Gasteiger partial charge in [0.1, 0.15) is 5.75 Å². The maximum absolute atomic E-state index is 5.86. The summed E-state index contributed by atoms with van der Waals surface area (Å²) >= 11 is 0. The maximum atomic E-state index is 5.86. The van der Waals surface area contributed by atoms with Crippen LogP contribution >= 0.6 is 0 Å². The number of aromatic nitrogens is 1. The molecule has 3 heteroatoms. The van der Waals surface area contributed by atoms with Crippen LogP contribution in [-0.2, 0) is 13.0 Å². The lowest BCUT2D eigenvalue weighted by molar-refractivity contribution is 0.458. The minimum atomic E-state index is 0.471. The molecule has 21 heavy (non-hydrogen) atoms. The molecule has 0 bridgehead atoms. The van der Waals surface area contributed by atoms with Gasteiger partial charge in [-0.2, -0.15) is 0 Å². The number of rotatable bonds is 6. The summed E-state index contributed by atoms with van der Waals surface area (Å²) in [5.41, 5.74) is 3.54. The number of nitrogens with one attached hydrogen (secondary N) is 1. The van der Waals surface area contributed by atoms with Gasteiger partial charge >= 0.3 is 0 Å². The van der Waals surface area contributed by atoms with Crippen LogP contribution in [0.5, 0.6) is 11.6 Å². The van der Waals surface area contributed by atoms with Gasteiger partial charge in [-0.15, -0.1) is 0 Å². The van der Waals surface area contributed by atoms with Gasteiger partial charge in [-0.05, 0) is 42.7 Å². The van der Waals surface area contributed by atoms with Gasteiger partial charge in [-0.3, -0.25) is 0 Å². The zero-order valence-corrected chi connectivity index (χ0v) is 13.3. The third-order valence-electron chi connectivity index (χ3n) is 3.35. The Morgan fingerprint density at radius 2 is 1.86 bits per heavy atom. The fraction of sp³-hybridized carbons (Fsp3) is 0.389. The van der Waals surface area contributed by atoms with Gasteiger partial charge in [-0.25, -0.2) is 4.98 Å². The summed E-state index contributed by atoms with van der Waals surface area (Å²) < 4.78 is 5.86. The van der Waals surface area contributed by atoms with Crippen molar-refractivity contribution in [2.24, 2.45) is 0 Å². The molecule has 0 aliphatic carbocycles. The molecule has 2 aromatic rings. The van der Waals surface area contributed by atoms with Crippen molar-refractivity contribution in [3.8, 4) is 11.6 Å². The molecule has 0 spiro atoms. The van der Waals surface area contributed by atoms with Crippen LogP contribution in [0.1, 0.15) is 37.5 Å². The Kier molecular flexibility index (Phi) is 5.34. The van der Waals surface area contributed by atoms with E-state index in [9.17, 15) is 0 Å². The van der Waals surface area contributed by atoms with E-state index in [2.05, 4.69) is 49.3 Å². The molecule has 2 rings (SSSR count). The van der Waals surface area contributed by atoms with Crippen LogP contribution in [0.3, 0.4) is 0 Å². The first-order valence-corrected chi connectivity index (χ1v) is 7.54. The molecule has 0 saturated heterocycles. The zero-order valence-electron chi connectivity index (χ0n) is 13.3. The minimum absolute atomic E-state index is 0.471. The molecule has 112 valence electrons. The van der Waals surface area contributed by atoms with Gasteiger partial charge in [0.05, 0.1) is 0 Å². The Bertz CT molecular complexity index is 576. The molecular weight excluding hydrogens is 260 g/mol. The van der Waals surface area contributed by atoms with E-state index in [0.29, 0.717) is 11.9 Å². The normalized spacial score (nSPS) is 10.9. The van der Waals surface area contributed by atoms with Crippen molar-refractivity contribution < 1.29 is 4.74 Å². The first-order chi connectivity index (χ1) is 10.1. The summed E-state index contributed by atoms with van der Waals surface area (Å²) in [5, 5.41) is 3.39. The van der Waals surface area contributed by atoms with E-state index in [1.54, 1.807) is 0 Å². The van der Waals surface area contributed by atoms with Crippen LogP contribution in [0, 0.1) is 6.92 Å². The Morgan fingerprint density at radius 1 is 1.14 bits per heavy atom. The second-order valence-corrected chi connectivity index (χ2v) is 5.60. The summed E-state index contributed by atoms with van der Waals surface area (Å²) in [6, 6.07) is 10.8. The SMILES string of the molecule is CCc1ccc(Oc2ncc(CNC(C)C)cc2C)cc1. The van der Waals surface area contributed by atoms with Crippen LogP contribution in [0.15, 0.2) is 36.5 Å². The van der Waals surface area contributed by atoms with E-state index < -0.39 is 0 Å². The van der Waals surface area contributed by atoms with Gasteiger partial charge in [0.2, 0.25) is 5.88 Å². The lowest BCUT2D eigenvalue weighted by Crippen LogP contribution is -2.21. The average Bonchev–Trinajstić information content (AvgIpc) is 2.48. The van der Waals surface area contributed by atoms with Gasteiger partial charge in [0, 0.05) is 24.3 Å². The molecule has 0 atom stereocenters. The molecule has 3 nitrogen and oxygen atoms in total. The van der Waals surface area contributed by atoms with Crippen molar-refractivity contribution in [3.05, 3.63) is 53.2 Å². The fourth-order valence-corrected chi connectivity index (χ4v) is 2.05. The molecular formula is C18H24N2O. The Balaban J connectivity index is 2.06. The number of hydrogen-bond acceptors (Lipinski definition) is 3. The smallest absolute Gasteiger partial charge is 0.222 e. The van der Waals surface area contributed by atoms with Crippen LogP contribution in [-0.4, -0.2) is 11.0 Å². The summed E-state index contributed by atoms with van der Waals surface area (Å²) in [6.45, 7) is 9.28. The minimum Gasteiger partial charge on any atom is -0.439 e. The number of aryl methyl sites for hydroxylation is 2. The average molecular weight is 284 g/mol. The quantitative estimate of drug-likeness (QED) is 0.861. The first-order valence-electron chi connectivity index (χ1n) is 7.54. The standard InChI is InChI=1S/C18H24N2O/c1-5-15-6-8-17(9-7-15)21-18-14(4)10-16(12-20-18)11-19-13(2)3/h6-10,12-13,19H,5,11H2,1-4H3. The van der Waals surface area contributed by atoms with E-state index >= 15 is 0 Å². The highest BCUT2D eigenvalue weighted by molar-refractivity contribution is 5.35. The molecule has 1 heterocycles. The van der Waals surface area contributed by atoms with Crippen LogP contribution < -0.4 is 10.1 Å². The van der Waals surface area contributed by atoms with E-state index in [-0.39, 0.29) is 0 Å². The molecule has 0 aliphatic heterocycles. The van der Waals surface area contributed by atoms with Crippen molar-refractivity contribution in [1.29, 1.82) is 0 Å². The molecule has 1 N–H and O–H groups in total. The van der Waals surface area contributed by atoms with Crippen LogP contribution in [0.2, 0.25) is 0 Å². The molecule has 0 fully saturated rings. The fourth-order valence-electron chi connectivity index (χ4n) is 2.05. The van der Waals surface area contributed by atoms with Gasteiger partial charge < -0.3 is 10.1 Å². The highest BCUT2D eigenvalue weighted by Gasteiger charge is 2.05. The first kappa shape index (κ1) is 15.5. The molecule has 1 aromatic carbocycles. The summed E-state index contributed by atoms with van der Waals surface area (Å²) in [6.07, 6.45) is 2.91. The second-order valence-electron chi connectivity index (χ2n) is 5.60. The second kappa shape index (κ2) is 7.23. The number of benzene rings is 1. The van der Waals surface area contributed by atoms with E-state index in [0.717, 1.165) is 24.3 Å². The van der Waals surface area contributed by atoms with Crippen molar-refractivity contribution in [2.75, 3.05) is 0 Å². The molecule has 0 saturated carbocycles. The Hall–Kier alpha value is -1.87. The van der Waals surface area contributed by atoms with E-state index in [1.807, 2.05) is 25.3 Å². The third-order valence-corrected chi connectivity index (χ3v) is 3.35. The summed E-state index contributed by atoms with van der Waals surface area (Å²) in [7, 11) is 0. The highest BCUT2D eigenvalue weighted by Crippen LogP contribution is 2.23. The van der Waals surface area contributed by atoms with Crippen molar-refractivity contribution in [1.82, 2.24) is 10.3 Å². The molecule has 0 radical (unpaired) electrons. The number of hydrogen-bond donors (Lipinski definition) is 1. The summed E-state index contributed by atoms with van der Waals surface area (Å²) in [5.74, 6) is 1.50. The predicted octanol–water partition coefficient (Wildman–Crippen LogP) is 4.24. The maximum Gasteiger partial charge on any atom is 0.222 e. The Labute approximate surface area is 127 Å². The summed E-state index contributed by atoms with van der Waals surface area (Å²) in [4.78, 5) is 4.43. The largest absolute Gasteiger partial charge is 0.439 e. The molecule has 0 aliphatic rings. The molecule has 0 unspecified atom stereocenters. The van der Waals surface area contributed by atoms with E-state index in [1.165, 1.54) is 11.1 Å². The van der Waals surface area contributed by atoms with Crippen LogP contribution in [0.25, 0.3) is 0 Å². The topological polar surface area (TPSA) is 34.1 Å². The predicted molar refractivity (Wildman–Crippen MR) is 86.8 cm³/mol. The molecule has 1 aromatic heterocycles. The number of nitrogens with zero attached hydrogens (tertiary/aromatic N) is 1. The van der Waals surface area contributed by atoms with Crippen molar-refractivity contribution in [3.63, 3.8) is 0 Å². The van der Waals surface area contributed by atoms with Crippen LogP contribution in [0.4, 0.5) is 0 Å². The van der Waals surface area contributed by atoms with Gasteiger partial charge in [-0.1, -0.05) is 32.9 Å². The van der Waals surface area contributed by atoms with Crippen molar-refractivity contribution >= 4 is 0 Å². The van der Waals surface area contributed by atoms with E-state index in [4.69, 9.17) is 4.74 Å². The monoisotopic (exact) mass is 284 g/mol. The zero-order chi connectivity index (χ0) is 15.2. The number of ether oxygens (including phenoxy) is 1. The number of pyridine rings is 1. The highest BCUT2D eigenvalue weighted by atomic mass is 16.5.